The molecule has 28 heavy (non-hydrogen) atoms. The van der Waals surface area contributed by atoms with Crippen LogP contribution >= 0.6 is 22.9 Å². The lowest BCUT2D eigenvalue weighted by molar-refractivity contribution is 0.347. The number of hydrogen-bond acceptors (Lipinski definition) is 4. The molecule has 0 bridgehead atoms. The van der Waals surface area contributed by atoms with Crippen LogP contribution in [0.15, 0.2) is 54.3 Å². The Morgan fingerprint density at radius 1 is 1.14 bits per heavy atom. The molecule has 0 radical (unpaired) electrons. The fraction of sp³-hybridized carbons (Fsp3) is 0.182. The highest BCUT2D eigenvalue weighted by molar-refractivity contribution is 7.13. The second kappa shape index (κ2) is 7.41. The number of aliphatic hydroxyl groups is 1. The highest BCUT2D eigenvalue weighted by Crippen LogP contribution is 2.36. The number of benzene rings is 2. The number of amidine groups is 1. The summed E-state index contributed by atoms with van der Waals surface area (Å²) in [5.41, 5.74) is 4.59. The van der Waals surface area contributed by atoms with Crippen LogP contribution < -0.4 is 0 Å². The minimum atomic E-state index is 0.182. The molecule has 4 nitrogen and oxygen atoms in total. The van der Waals surface area contributed by atoms with Crippen LogP contribution in [-0.2, 0) is 6.54 Å². The van der Waals surface area contributed by atoms with E-state index in [0.717, 1.165) is 21.7 Å². The Labute approximate surface area is 173 Å². The van der Waals surface area contributed by atoms with Crippen LogP contribution in [0.25, 0.3) is 16.8 Å². The van der Waals surface area contributed by atoms with Gasteiger partial charge in [0.2, 0.25) is 0 Å². The normalized spacial score (nSPS) is 14.2. The third-order valence-corrected chi connectivity index (χ3v) is 6.19. The highest BCUT2D eigenvalue weighted by Gasteiger charge is 2.31. The number of nitrogens with zero attached hydrogens (tertiary/aromatic N) is 2. The number of halogens is 1. The van der Waals surface area contributed by atoms with Crippen LogP contribution in [0.2, 0.25) is 5.02 Å². The zero-order valence-corrected chi connectivity index (χ0v) is 17.2. The molecule has 0 fully saturated rings. The summed E-state index contributed by atoms with van der Waals surface area (Å²) in [6.07, 6.45) is 0. The molecule has 1 aliphatic rings. The minimum absolute atomic E-state index is 0.182. The van der Waals surface area contributed by atoms with Gasteiger partial charge in [-0.05, 0) is 25.5 Å². The molecule has 2 heterocycles. The first-order valence-corrected chi connectivity index (χ1v) is 10.2. The van der Waals surface area contributed by atoms with Gasteiger partial charge < -0.3 is 10.0 Å². The van der Waals surface area contributed by atoms with Gasteiger partial charge in [-0.3, -0.25) is 5.41 Å². The van der Waals surface area contributed by atoms with Crippen molar-refractivity contribution >= 4 is 34.3 Å². The molecule has 0 unspecified atom stereocenters. The molecule has 0 aliphatic carbocycles. The van der Waals surface area contributed by atoms with Gasteiger partial charge >= 0.3 is 0 Å². The molecule has 0 saturated carbocycles. The molecule has 4 rings (SSSR count). The van der Waals surface area contributed by atoms with Crippen LogP contribution in [0, 0.1) is 19.3 Å². The summed E-state index contributed by atoms with van der Waals surface area (Å²) in [6, 6.07) is 15.8. The first kappa shape index (κ1) is 18.7. The lowest BCUT2D eigenvalue weighted by atomic mass is 10.1. The molecule has 3 aromatic rings. The molecule has 2 aromatic carbocycles. The first-order valence-electron chi connectivity index (χ1n) is 8.98. The Bertz CT molecular complexity index is 1090. The maximum Gasteiger partial charge on any atom is 0.135 e. The van der Waals surface area contributed by atoms with E-state index >= 15 is 0 Å². The molecule has 0 saturated heterocycles. The molecular weight excluding hydrogens is 390 g/mol. The molecule has 2 N–H and O–H groups in total. The molecule has 0 spiro atoms. The summed E-state index contributed by atoms with van der Waals surface area (Å²) in [5.74, 6) is 0.461. The lowest BCUT2D eigenvalue weighted by Gasteiger charge is -2.19. The minimum Gasteiger partial charge on any atom is -0.510 e. The second-order valence-electron chi connectivity index (χ2n) is 6.91. The Morgan fingerprint density at radius 2 is 1.86 bits per heavy atom. The Kier molecular flexibility index (Phi) is 4.96. The van der Waals surface area contributed by atoms with E-state index < -0.39 is 0 Å². The van der Waals surface area contributed by atoms with Gasteiger partial charge in [-0.1, -0.05) is 59.6 Å². The monoisotopic (exact) mass is 409 g/mol. The van der Waals surface area contributed by atoms with Gasteiger partial charge in [0.25, 0.3) is 0 Å². The number of thiazole rings is 1. The van der Waals surface area contributed by atoms with E-state index in [2.05, 4.69) is 31.2 Å². The van der Waals surface area contributed by atoms with Crippen molar-refractivity contribution in [3.8, 4) is 11.3 Å². The number of rotatable bonds is 4. The number of aryl methyl sites for hydroxylation is 2. The predicted octanol–water partition coefficient (Wildman–Crippen LogP) is 5.84. The average molecular weight is 410 g/mol. The molecule has 0 amide bonds. The Morgan fingerprint density at radius 3 is 2.57 bits per heavy atom. The van der Waals surface area contributed by atoms with Crippen LogP contribution in [0.5, 0.6) is 0 Å². The number of nitrogens with one attached hydrogen (secondary N) is 1. The van der Waals surface area contributed by atoms with Crippen molar-refractivity contribution in [3.05, 3.63) is 80.3 Å². The van der Waals surface area contributed by atoms with Gasteiger partial charge in [-0.15, -0.1) is 11.3 Å². The maximum absolute atomic E-state index is 10.6. The van der Waals surface area contributed by atoms with Gasteiger partial charge in [0, 0.05) is 22.0 Å². The van der Waals surface area contributed by atoms with Gasteiger partial charge in [-0.25, -0.2) is 4.98 Å². The topological polar surface area (TPSA) is 60.2 Å². The third-order valence-electron chi connectivity index (χ3n) is 4.84. The molecule has 142 valence electrons. The van der Waals surface area contributed by atoms with Gasteiger partial charge in [-0.2, -0.15) is 0 Å². The number of hydrogen-bond donors (Lipinski definition) is 2. The quantitative estimate of drug-likeness (QED) is 0.568. The van der Waals surface area contributed by atoms with E-state index in [9.17, 15) is 5.11 Å². The van der Waals surface area contributed by atoms with Crippen molar-refractivity contribution in [1.82, 2.24) is 9.88 Å². The zero-order valence-electron chi connectivity index (χ0n) is 15.7. The maximum atomic E-state index is 10.6. The van der Waals surface area contributed by atoms with Gasteiger partial charge in [0.1, 0.15) is 16.6 Å². The fourth-order valence-corrected chi connectivity index (χ4v) is 4.51. The molecule has 1 aliphatic heterocycles. The van der Waals surface area contributed by atoms with Gasteiger partial charge in [0.15, 0.2) is 0 Å². The van der Waals surface area contributed by atoms with Crippen LogP contribution in [0.1, 0.15) is 21.0 Å². The largest absolute Gasteiger partial charge is 0.510 e. The number of aliphatic hydroxyl groups excluding tert-OH is 1. The van der Waals surface area contributed by atoms with E-state index in [0.29, 0.717) is 22.1 Å². The summed E-state index contributed by atoms with van der Waals surface area (Å²) in [4.78, 5) is 7.64. The van der Waals surface area contributed by atoms with Crippen molar-refractivity contribution in [2.24, 2.45) is 0 Å². The summed E-state index contributed by atoms with van der Waals surface area (Å²) < 4.78 is 0. The highest BCUT2D eigenvalue weighted by atomic mass is 35.5. The lowest BCUT2D eigenvalue weighted by Crippen LogP contribution is -2.26. The zero-order chi connectivity index (χ0) is 19.8. The Hall–Kier alpha value is -2.63. The van der Waals surface area contributed by atoms with Crippen molar-refractivity contribution in [3.63, 3.8) is 0 Å². The molecule has 6 heteroatoms. The van der Waals surface area contributed by atoms with Crippen molar-refractivity contribution < 1.29 is 5.11 Å². The van der Waals surface area contributed by atoms with Crippen molar-refractivity contribution in [1.29, 1.82) is 5.41 Å². The second-order valence-corrected chi connectivity index (χ2v) is 8.52. The SMILES string of the molecule is Cc1ccc(-c2nc(C3=C(O)CN(Cc4ccccc4Cl)C3=N)sc2C)cc1. The summed E-state index contributed by atoms with van der Waals surface area (Å²) in [5, 5.41) is 20.5. The Balaban J connectivity index is 1.62. The van der Waals surface area contributed by atoms with Crippen LogP contribution in [0.3, 0.4) is 0 Å². The third kappa shape index (κ3) is 3.43. The standard InChI is InChI=1S/C22H20ClN3OS/c1-13-7-9-15(10-8-13)20-14(2)28-22(25-20)19-18(27)12-26(21(19)24)11-16-5-3-4-6-17(16)23/h3-10,24,27H,11-12H2,1-2H3. The molecular formula is C22H20ClN3OS. The van der Waals surface area contributed by atoms with E-state index in [1.165, 1.54) is 16.9 Å². The van der Waals surface area contributed by atoms with Gasteiger partial charge in [0.05, 0.1) is 17.8 Å². The van der Waals surface area contributed by atoms with Crippen molar-refractivity contribution in [2.75, 3.05) is 6.54 Å². The van der Waals surface area contributed by atoms with Crippen LogP contribution in [0.4, 0.5) is 0 Å². The van der Waals surface area contributed by atoms with E-state index in [1.54, 1.807) is 0 Å². The van der Waals surface area contributed by atoms with E-state index in [1.807, 2.05) is 36.1 Å². The van der Waals surface area contributed by atoms with E-state index in [-0.39, 0.29) is 18.1 Å². The fourth-order valence-electron chi connectivity index (χ4n) is 3.31. The predicted molar refractivity (Wildman–Crippen MR) is 116 cm³/mol. The van der Waals surface area contributed by atoms with Crippen molar-refractivity contribution in [2.45, 2.75) is 20.4 Å². The smallest absolute Gasteiger partial charge is 0.135 e. The van der Waals surface area contributed by atoms with E-state index in [4.69, 9.17) is 22.0 Å². The van der Waals surface area contributed by atoms with Crippen LogP contribution in [-0.4, -0.2) is 27.4 Å². The molecule has 0 atom stereocenters. The summed E-state index contributed by atoms with van der Waals surface area (Å²) >= 11 is 7.77. The summed E-state index contributed by atoms with van der Waals surface area (Å²) in [7, 11) is 0. The average Bonchev–Trinajstić information content (AvgIpc) is 3.17. The summed E-state index contributed by atoms with van der Waals surface area (Å²) in [6.45, 7) is 4.84. The molecule has 1 aromatic heterocycles. The first-order chi connectivity index (χ1) is 13.4. The number of aromatic nitrogens is 1.